The summed E-state index contributed by atoms with van der Waals surface area (Å²) in [4.78, 5) is 12.8. The van der Waals surface area contributed by atoms with Crippen molar-refractivity contribution in [3.05, 3.63) is 22.0 Å². The predicted molar refractivity (Wildman–Crippen MR) is 83.3 cm³/mol. The van der Waals surface area contributed by atoms with Crippen LogP contribution in [0.1, 0.15) is 48.2 Å². The van der Waals surface area contributed by atoms with Crippen LogP contribution < -0.4 is 4.90 Å². The topological polar surface area (TPSA) is 92.4 Å². The molecular weight excluding hydrogens is 304 g/mol. The maximum atomic E-state index is 10.9. The first-order valence-electron chi connectivity index (χ1n) is 7.10. The lowest BCUT2D eigenvalue weighted by Crippen LogP contribution is -2.26. The zero-order valence-electron chi connectivity index (χ0n) is 13.2. The molecule has 0 radical (unpaired) electrons. The van der Waals surface area contributed by atoms with E-state index in [-0.39, 0.29) is 6.42 Å². The molecule has 0 unspecified atom stereocenters. The zero-order chi connectivity index (χ0) is 16.3. The fourth-order valence-electron chi connectivity index (χ4n) is 1.98. The average Bonchev–Trinajstić information content (AvgIpc) is 3.04. The summed E-state index contributed by atoms with van der Waals surface area (Å²) < 4.78 is 5.18. The van der Waals surface area contributed by atoms with Crippen molar-refractivity contribution in [1.82, 2.24) is 15.4 Å². The number of nitrogens with zero attached hydrogens (tertiary/aromatic N) is 4. The van der Waals surface area contributed by atoms with E-state index in [2.05, 4.69) is 29.2 Å². The van der Waals surface area contributed by atoms with Gasteiger partial charge in [0.25, 0.3) is 0 Å². The minimum Gasteiger partial charge on any atom is -0.481 e. The van der Waals surface area contributed by atoms with Gasteiger partial charge in [-0.3, -0.25) is 4.79 Å². The van der Waals surface area contributed by atoms with Gasteiger partial charge in [0.1, 0.15) is 10.8 Å². The van der Waals surface area contributed by atoms with Crippen LogP contribution >= 0.6 is 11.3 Å². The Morgan fingerprint density at radius 1 is 1.36 bits per heavy atom. The fraction of sp³-hybridized carbons (Fsp3) is 0.571. The van der Waals surface area contributed by atoms with Crippen molar-refractivity contribution >= 4 is 22.4 Å². The number of aliphatic carboxylic acids is 1. The monoisotopic (exact) mass is 324 g/mol. The molecule has 0 atom stereocenters. The van der Waals surface area contributed by atoms with Crippen LogP contribution in [0.25, 0.3) is 0 Å². The Kier molecular flexibility index (Phi) is 5.12. The number of carboxylic acids is 1. The maximum absolute atomic E-state index is 10.9. The molecule has 8 heteroatoms. The van der Waals surface area contributed by atoms with Crippen LogP contribution in [0.15, 0.2) is 4.52 Å². The van der Waals surface area contributed by atoms with Gasteiger partial charge in [-0.05, 0) is 13.8 Å². The second kappa shape index (κ2) is 6.87. The molecule has 0 saturated heterocycles. The molecule has 0 aliphatic rings. The Labute approximate surface area is 133 Å². The summed E-state index contributed by atoms with van der Waals surface area (Å²) in [7, 11) is 0. The highest BCUT2D eigenvalue weighted by atomic mass is 32.1. The summed E-state index contributed by atoms with van der Waals surface area (Å²) >= 11 is 1.49. The average molecular weight is 324 g/mol. The highest BCUT2D eigenvalue weighted by Gasteiger charge is 2.19. The minimum atomic E-state index is -0.836. The van der Waals surface area contributed by atoms with Crippen LogP contribution in [0, 0.1) is 13.8 Å². The number of carbonyl (C=O) groups is 1. The lowest BCUT2D eigenvalue weighted by molar-refractivity contribution is -0.136. The number of hydrogen-bond donors (Lipinski definition) is 1. The van der Waals surface area contributed by atoms with Gasteiger partial charge >= 0.3 is 5.97 Å². The summed E-state index contributed by atoms with van der Waals surface area (Å²) in [5, 5.41) is 22.9. The predicted octanol–water partition coefficient (Wildman–Crippen LogP) is 2.75. The number of hydrogen-bond acceptors (Lipinski definition) is 7. The highest BCUT2D eigenvalue weighted by molar-refractivity contribution is 7.15. The molecule has 2 rings (SSSR count). The highest BCUT2D eigenvalue weighted by Crippen LogP contribution is 2.28. The lowest BCUT2D eigenvalue weighted by atomic mass is 10.2. The van der Waals surface area contributed by atoms with E-state index in [9.17, 15) is 4.79 Å². The van der Waals surface area contributed by atoms with Crippen LogP contribution in [0.3, 0.4) is 0 Å². The number of rotatable bonds is 7. The molecule has 120 valence electrons. The Morgan fingerprint density at radius 2 is 2.09 bits per heavy atom. The molecule has 0 spiro atoms. The largest absolute Gasteiger partial charge is 0.481 e. The number of anilines is 1. The van der Waals surface area contributed by atoms with Gasteiger partial charge < -0.3 is 14.5 Å². The van der Waals surface area contributed by atoms with Crippen LogP contribution in [-0.2, 0) is 11.3 Å². The molecule has 0 aliphatic carbocycles. The molecule has 7 nitrogen and oxygen atoms in total. The van der Waals surface area contributed by atoms with Crippen LogP contribution in [0.2, 0.25) is 0 Å². The lowest BCUT2D eigenvalue weighted by Gasteiger charge is -2.20. The Balaban J connectivity index is 2.23. The van der Waals surface area contributed by atoms with Crippen LogP contribution in [0.5, 0.6) is 0 Å². The third kappa shape index (κ3) is 3.82. The van der Waals surface area contributed by atoms with Crippen molar-refractivity contribution in [2.45, 2.75) is 46.6 Å². The summed E-state index contributed by atoms with van der Waals surface area (Å²) in [5.41, 5.74) is 1.78. The molecule has 0 fully saturated rings. The SMILES string of the molecule is Cc1noc(C)c1CN(CCC(=O)O)c1nnc(C(C)C)s1. The molecule has 2 aromatic heterocycles. The number of carboxylic acid groups (broad SMARTS) is 1. The Hall–Kier alpha value is -1.96. The summed E-state index contributed by atoms with van der Waals surface area (Å²) in [6, 6.07) is 0. The molecule has 0 bridgehead atoms. The fourth-order valence-corrected chi connectivity index (χ4v) is 2.85. The maximum Gasteiger partial charge on any atom is 0.305 e. The third-order valence-electron chi connectivity index (χ3n) is 3.32. The second-order valence-corrected chi connectivity index (χ2v) is 6.43. The Bertz CT molecular complexity index is 631. The van der Waals surface area contributed by atoms with Gasteiger partial charge in [-0.15, -0.1) is 10.2 Å². The normalized spacial score (nSPS) is 11.1. The van der Waals surface area contributed by atoms with Gasteiger partial charge in [-0.25, -0.2) is 0 Å². The second-order valence-electron chi connectivity index (χ2n) is 5.45. The molecule has 2 aromatic rings. The number of aryl methyl sites for hydroxylation is 2. The van der Waals surface area contributed by atoms with E-state index in [0.29, 0.717) is 19.0 Å². The Morgan fingerprint density at radius 3 is 2.59 bits per heavy atom. The van der Waals surface area contributed by atoms with E-state index in [1.807, 2.05) is 18.7 Å². The zero-order valence-corrected chi connectivity index (χ0v) is 14.0. The van der Waals surface area contributed by atoms with Gasteiger partial charge in [-0.2, -0.15) is 0 Å². The van der Waals surface area contributed by atoms with Gasteiger partial charge in [0, 0.05) is 18.0 Å². The molecule has 0 aliphatic heterocycles. The molecule has 0 amide bonds. The van der Waals surface area contributed by atoms with Crippen molar-refractivity contribution in [3.63, 3.8) is 0 Å². The van der Waals surface area contributed by atoms with Crippen LogP contribution in [-0.4, -0.2) is 33.0 Å². The first-order chi connectivity index (χ1) is 10.4. The smallest absolute Gasteiger partial charge is 0.305 e. The minimum absolute atomic E-state index is 0.0416. The summed E-state index contributed by atoms with van der Waals surface area (Å²) in [5.74, 6) is 0.204. The summed E-state index contributed by atoms with van der Waals surface area (Å²) in [6.07, 6.45) is 0.0416. The van der Waals surface area contributed by atoms with Gasteiger partial charge in [0.05, 0.1) is 18.7 Å². The molecule has 2 heterocycles. The van der Waals surface area contributed by atoms with Gasteiger partial charge in [-0.1, -0.05) is 30.3 Å². The van der Waals surface area contributed by atoms with E-state index >= 15 is 0 Å². The first-order valence-corrected chi connectivity index (χ1v) is 7.92. The van der Waals surface area contributed by atoms with Crippen molar-refractivity contribution in [2.75, 3.05) is 11.4 Å². The molecule has 22 heavy (non-hydrogen) atoms. The van der Waals surface area contributed by atoms with Crippen molar-refractivity contribution < 1.29 is 14.4 Å². The first kappa shape index (κ1) is 16.4. The summed E-state index contributed by atoms with van der Waals surface area (Å²) in [6.45, 7) is 8.72. The van der Waals surface area contributed by atoms with E-state index in [4.69, 9.17) is 9.63 Å². The van der Waals surface area contributed by atoms with Gasteiger partial charge in [0.2, 0.25) is 5.13 Å². The number of aromatic nitrogens is 3. The van der Waals surface area contributed by atoms with Gasteiger partial charge in [0.15, 0.2) is 0 Å². The van der Waals surface area contributed by atoms with Crippen molar-refractivity contribution in [3.8, 4) is 0 Å². The molecular formula is C14H20N4O3S. The van der Waals surface area contributed by atoms with E-state index in [0.717, 1.165) is 27.2 Å². The van der Waals surface area contributed by atoms with Crippen molar-refractivity contribution in [1.29, 1.82) is 0 Å². The van der Waals surface area contributed by atoms with Crippen LogP contribution in [0.4, 0.5) is 5.13 Å². The standard InChI is InChI=1S/C14H20N4O3S/c1-8(2)13-15-16-14(22-13)18(6-5-12(19)20)7-11-9(3)17-21-10(11)4/h8H,5-7H2,1-4H3,(H,19,20). The third-order valence-corrected chi connectivity index (χ3v) is 4.60. The van der Waals surface area contributed by atoms with E-state index in [1.54, 1.807) is 0 Å². The van der Waals surface area contributed by atoms with E-state index < -0.39 is 5.97 Å². The van der Waals surface area contributed by atoms with E-state index in [1.165, 1.54) is 11.3 Å². The quantitative estimate of drug-likeness (QED) is 0.837. The molecule has 0 saturated carbocycles. The molecule has 1 N–H and O–H groups in total. The molecule has 0 aromatic carbocycles. The van der Waals surface area contributed by atoms with Crippen molar-refractivity contribution in [2.24, 2.45) is 0 Å².